The lowest BCUT2D eigenvalue weighted by atomic mass is 10.1. The van der Waals surface area contributed by atoms with Crippen molar-refractivity contribution in [2.75, 3.05) is 17.7 Å². The molecule has 0 radical (unpaired) electrons. The number of halogens is 1. The molecule has 2 aromatic rings. The van der Waals surface area contributed by atoms with Crippen LogP contribution in [-0.4, -0.2) is 13.0 Å². The number of para-hydroxylation sites is 1. The standard InChI is InChI=1S/C14H13FN2O/c1-17(11-5-3-2-4-6-11)14(18)12-9-10(15)7-8-13(12)16/h2-9H,16H2,1H3. The molecule has 0 heterocycles. The van der Waals surface area contributed by atoms with Crippen LogP contribution in [0.15, 0.2) is 48.5 Å². The summed E-state index contributed by atoms with van der Waals surface area (Å²) in [5.41, 5.74) is 6.86. The Morgan fingerprint density at radius 2 is 1.83 bits per heavy atom. The lowest BCUT2D eigenvalue weighted by molar-refractivity contribution is 0.0993. The van der Waals surface area contributed by atoms with Crippen molar-refractivity contribution in [1.29, 1.82) is 0 Å². The number of amides is 1. The van der Waals surface area contributed by atoms with Gasteiger partial charge in [-0.05, 0) is 30.3 Å². The molecule has 0 unspecified atom stereocenters. The van der Waals surface area contributed by atoms with Crippen molar-refractivity contribution in [1.82, 2.24) is 0 Å². The van der Waals surface area contributed by atoms with Gasteiger partial charge in [-0.25, -0.2) is 4.39 Å². The molecule has 0 aliphatic carbocycles. The van der Waals surface area contributed by atoms with Crippen LogP contribution in [0.3, 0.4) is 0 Å². The van der Waals surface area contributed by atoms with Gasteiger partial charge >= 0.3 is 0 Å². The van der Waals surface area contributed by atoms with Gasteiger partial charge in [-0.2, -0.15) is 0 Å². The fourth-order valence-corrected chi connectivity index (χ4v) is 1.66. The van der Waals surface area contributed by atoms with Gasteiger partial charge in [0.2, 0.25) is 0 Å². The summed E-state index contributed by atoms with van der Waals surface area (Å²) in [6.07, 6.45) is 0. The van der Waals surface area contributed by atoms with E-state index in [0.29, 0.717) is 0 Å². The first-order chi connectivity index (χ1) is 8.59. The minimum Gasteiger partial charge on any atom is -0.398 e. The Kier molecular flexibility index (Phi) is 3.28. The van der Waals surface area contributed by atoms with E-state index in [1.165, 1.54) is 17.0 Å². The maximum atomic E-state index is 13.1. The highest BCUT2D eigenvalue weighted by molar-refractivity contribution is 6.08. The Hall–Kier alpha value is -2.36. The van der Waals surface area contributed by atoms with Gasteiger partial charge in [0.25, 0.3) is 5.91 Å². The normalized spacial score (nSPS) is 10.1. The smallest absolute Gasteiger partial charge is 0.260 e. The van der Waals surface area contributed by atoms with Gasteiger partial charge < -0.3 is 10.6 Å². The molecular weight excluding hydrogens is 231 g/mol. The monoisotopic (exact) mass is 244 g/mol. The Labute approximate surface area is 105 Å². The van der Waals surface area contributed by atoms with Crippen molar-refractivity contribution in [2.45, 2.75) is 0 Å². The van der Waals surface area contributed by atoms with E-state index in [-0.39, 0.29) is 17.2 Å². The maximum absolute atomic E-state index is 13.1. The summed E-state index contributed by atoms with van der Waals surface area (Å²) in [6, 6.07) is 12.9. The largest absolute Gasteiger partial charge is 0.398 e. The number of carbonyl (C=O) groups excluding carboxylic acids is 1. The maximum Gasteiger partial charge on any atom is 0.260 e. The van der Waals surface area contributed by atoms with Gasteiger partial charge in [-0.1, -0.05) is 18.2 Å². The van der Waals surface area contributed by atoms with E-state index >= 15 is 0 Å². The fraction of sp³-hybridized carbons (Fsp3) is 0.0714. The molecule has 0 bridgehead atoms. The summed E-state index contributed by atoms with van der Waals surface area (Å²) < 4.78 is 13.1. The highest BCUT2D eigenvalue weighted by Crippen LogP contribution is 2.19. The molecule has 1 amide bonds. The zero-order valence-electron chi connectivity index (χ0n) is 9.93. The fourth-order valence-electron chi connectivity index (χ4n) is 1.66. The highest BCUT2D eigenvalue weighted by Gasteiger charge is 2.16. The van der Waals surface area contributed by atoms with Crippen LogP contribution in [0, 0.1) is 5.82 Å². The van der Waals surface area contributed by atoms with Gasteiger partial charge in [0, 0.05) is 18.4 Å². The number of nitrogens with two attached hydrogens (primary N) is 1. The van der Waals surface area contributed by atoms with E-state index in [0.717, 1.165) is 11.8 Å². The van der Waals surface area contributed by atoms with Crippen LogP contribution in [0.25, 0.3) is 0 Å². The third-order valence-corrected chi connectivity index (χ3v) is 2.69. The molecule has 4 heteroatoms. The van der Waals surface area contributed by atoms with Crippen LogP contribution in [0.4, 0.5) is 15.8 Å². The molecule has 0 saturated carbocycles. The summed E-state index contributed by atoms with van der Waals surface area (Å²) in [4.78, 5) is 13.6. The first-order valence-corrected chi connectivity index (χ1v) is 5.47. The van der Waals surface area contributed by atoms with E-state index in [2.05, 4.69) is 0 Å². The average molecular weight is 244 g/mol. The summed E-state index contributed by atoms with van der Waals surface area (Å²) in [6.45, 7) is 0. The third-order valence-electron chi connectivity index (χ3n) is 2.69. The highest BCUT2D eigenvalue weighted by atomic mass is 19.1. The van der Waals surface area contributed by atoms with Crippen molar-refractivity contribution >= 4 is 17.3 Å². The van der Waals surface area contributed by atoms with Crippen molar-refractivity contribution < 1.29 is 9.18 Å². The predicted molar refractivity (Wildman–Crippen MR) is 70.0 cm³/mol. The van der Waals surface area contributed by atoms with Crippen LogP contribution in [0.1, 0.15) is 10.4 Å². The minimum atomic E-state index is -0.478. The molecule has 0 aromatic heterocycles. The first-order valence-electron chi connectivity index (χ1n) is 5.47. The third kappa shape index (κ3) is 2.32. The number of benzene rings is 2. The Balaban J connectivity index is 2.34. The molecule has 18 heavy (non-hydrogen) atoms. The molecule has 0 saturated heterocycles. The zero-order valence-corrected chi connectivity index (χ0v) is 9.93. The SMILES string of the molecule is CN(C(=O)c1cc(F)ccc1N)c1ccccc1. The number of nitrogens with zero attached hydrogens (tertiary/aromatic N) is 1. The van der Waals surface area contributed by atoms with E-state index < -0.39 is 5.82 Å². The molecule has 0 fully saturated rings. The van der Waals surface area contributed by atoms with Crippen LogP contribution >= 0.6 is 0 Å². The summed E-state index contributed by atoms with van der Waals surface area (Å²) in [5, 5.41) is 0. The topological polar surface area (TPSA) is 46.3 Å². The second kappa shape index (κ2) is 4.87. The minimum absolute atomic E-state index is 0.168. The number of hydrogen-bond acceptors (Lipinski definition) is 2. The van der Waals surface area contributed by atoms with E-state index in [4.69, 9.17) is 5.73 Å². The summed E-state index contributed by atoms with van der Waals surface area (Å²) in [7, 11) is 1.63. The van der Waals surface area contributed by atoms with Crippen LogP contribution in [-0.2, 0) is 0 Å². The second-order valence-corrected chi connectivity index (χ2v) is 3.93. The van der Waals surface area contributed by atoms with Gasteiger partial charge in [0.15, 0.2) is 0 Å². The summed E-state index contributed by atoms with van der Waals surface area (Å²) in [5.74, 6) is -0.813. The van der Waals surface area contributed by atoms with Crippen LogP contribution < -0.4 is 10.6 Å². The molecule has 3 nitrogen and oxygen atoms in total. The van der Waals surface area contributed by atoms with Crippen molar-refractivity contribution in [3.05, 3.63) is 59.9 Å². The molecule has 0 aliphatic rings. The van der Waals surface area contributed by atoms with Gasteiger partial charge in [-0.3, -0.25) is 4.79 Å². The number of hydrogen-bond donors (Lipinski definition) is 1. The number of nitrogen functional groups attached to an aromatic ring is 1. The molecule has 0 aliphatic heterocycles. The van der Waals surface area contributed by atoms with Gasteiger partial charge in [-0.15, -0.1) is 0 Å². The molecule has 2 aromatic carbocycles. The van der Waals surface area contributed by atoms with Gasteiger partial charge in [0.1, 0.15) is 5.82 Å². The lowest BCUT2D eigenvalue weighted by Gasteiger charge is -2.18. The number of carbonyl (C=O) groups is 1. The molecular formula is C14H13FN2O. The van der Waals surface area contributed by atoms with Crippen LogP contribution in [0.5, 0.6) is 0 Å². The van der Waals surface area contributed by atoms with Crippen molar-refractivity contribution in [2.24, 2.45) is 0 Å². The predicted octanol–water partition coefficient (Wildman–Crippen LogP) is 2.68. The molecule has 0 atom stereocenters. The Bertz CT molecular complexity index is 569. The summed E-state index contributed by atoms with van der Waals surface area (Å²) >= 11 is 0. The second-order valence-electron chi connectivity index (χ2n) is 3.93. The first kappa shape index (κ1) is 12.1. The van der Waals surface area contributed by atoms with E-state index in [1.54, 1.807) is 19.2 Å². The van der Waals surface area contributed by atoms with E-state index in [9.17, 15) is 9.18 Å². The lowest BCUT2D eigenvalue weighted by Crippen LogP contribution is -2.27. The van der Waals surface area contributed by atoms with Crippen molar-refractivity contribution in [3.63, 3.8) is 0 Å². The number of anilines is 2. The Morgan fingerprint density at radius 3 is 2.50 bits per heavy atom. The van der Waals surface area contributed by atoms with Crippen LogP contribution in [0.2, 0.25) is 0 Å². The molecule has 92 valence electrons. The van der Waals surface area contributed by atoms with Gasteiger partial charge in [0.05, 0.1) is 5.56 Å². The number of rotatable bonds is 2. The molecule has 2 rings (SSSR count). The zero-order chi connectivity index (χ0) is 13.1. The Morgan fingerprint density at radius 1 is 1.17 bits per heavy atom. The average Bonchev–Trinajstić information content (AvgIpc) is 2.41. The molecule has 0 spiro atoms. The van der Waals surface area contributed by atoms with Crippen molar-refractivity contribution in [3.8, 4) is 0 Å². The van der Waals surface area contributed by atoms with E-state index in [1.807, 2.05) is 18.2 Å². The quantitative estimate of drug-likeness (QED) is 0.825. The molecule has 2 N–H and O–H groups in total.